The lowest BCUT2D eigenvalue weighted by Crippen LogP contribution is -2.41. The van der Waals surface area contributed by atoms with Gasteiger partial charge in [-0.1, -0.05) is 6.08 Å². The van der Waals surface area contributed by atoms with Gasteiger partial charge < -0.3 is 19.8 Å². The normalized spacial score (nSPS) is 31.8. The van der Waals surface area contributed by atoms with Crippen molar-refractivity contribution in [1.29, 1.82) is 0 Å². The summed E-state index contributed by atoms with van der Waals surface area (Å²) in [6.07, 6.45) is 4.85. The van der Waals surface area contributed by atoms with Crippen LogP contribution in [-0.2, 0) is 14.0 Å². The molecule has 2 N–H and O–H groups in total. The Morgan fingerprint density at radius 3 is 2.45 bits per heavy atom. The topological polar surface area (TPSA) is 53.7 Å². The van der Waals surface area contributed by atoms with Crippen molar-refractivity contribution in [2.45, 2.75) is 64.2 Å². The summed E-state index contributed by atoms with van der Waals surface area (Å²) in [6, 6.07) is 0.0801. The van der Waals surface area contributed by atoms with E-state index in [-0.39, 0.29) is 24.4 Å². The van der Waals surface area contributed by atoms with E-state index in [4.69, 9.17) is 19.8 Å². The summed E-state index contributed by atoms with van der Waals surface area (Å²) < 4.78 is 18.0. The van der Waals surface area contributed by atoms with Crippen LogP contribution in [0.5, 0.6) is 0 Å². The smallest absolute Gasteiger partial charge is 0.490 e. The molecular weight excluding hydrogens is 253 g/mol. The van der Waals surface area contributed by atoms with Crippen molar-refractivity contribution in [3.8, 4) is 0 Å². The molecule has 1 atom stereocenters. The summed E-state index contributed by atoms with van der Waals surface area (Å²) >= 11 is 0. The first kappa shape index (κ1) is 14.2. The highest BCUT2D eigenvalue weighted by Gasteiger charge is 2.52. The molecule has 110 valence electrons. The van der Waals surface area contributed by atoms with Gasteiger partial charge in [0.2, 0.25) is 0 Å². The van der Waals surface area contributed by atoms with Crippen molar-refractivity contribution >= 4 is 7.12 Å². The molecule has 1 fully saturated rings. The highest BCUT2D eigenvalue weighted by atomic mass is 16.7. The van der Waals surface area contributed by atoms with Crippen LogP contribution in [0.4, 0.5) is 0 Å². The van der Waals surface area contributed by atoms with Gasteiger partial charge in [-0.3, -0.25) is 0 Å². The summed E-state index contributed by atoms with van der Waals surface area (Å²) in [5.74, 6) is 1.06. The van der Waals surface area contributed by atoms with Crippen LogP contribution in [0.25, 0.3) is 0 Å². The van der Waals surface area contributed by atoms with E-state index < -0.39 is 0 Å². The van der Waals surface area contributed by atoms with Gasteiger partial charge in [-0.15, -0.1) is 0 Å². The molecule has 20 heavy (non-hydrogen) atoms. The summed E-state index contributed by atoms with van der Waals surface area (Å²) in [6.45, 7) is 9.06. The van der Waals surface area contributed by atoms with Crippen LogP contribution >= 0.6 is 0 Å². The van der Waals surface area contributed by atoms with Crippen molar-refractivity contribution in [1.82, 2.24) is 0 Å². The van der Waals surface area contributed by atoms with Crippen molar-refractivity contribution < 1.29 is 14.0 Å². The zero-order chi connectivity index (χ0) is 14.5. The van der Waals surface area contributed by atoms with Crippen LogP contribution in [-0.4, -0.2) is 31.0 Å². The first-order chi connectivity index (χ1) is 9.30. The molecule has 5 heteroatoms. The minimum absolute atomic E-state index is 0.0801. The van der Waals surface area contributed by atoms with E-state index in [0.29, 0.717) is 0 Å². The maximum Gasteiger partial charge on any atom is 0.490 e. The molecule has 0 aromatic carbocycles. The second-order valence-corrected chi connectivity index (χ2v) is 6.93. The van der Waals surface area contributed by atoms with E-state index in [2.05, 4.69) is 33.8 Å². The second kappa shape index (κ2) is 4.62. The molecule has 1 unspecified atom stereocenters. The van der Waals surface area contributed by atoms with Gasteiger partial charge in [0, 0.05) is 24.5 Å². The molecular formula is C15H24BNO3. The van der Waals surface area contributed by atoms with Gasteiger partial charge in [0.1, 0.15) is 5.76 Å². The number of nitrogens with two attached hydrogens (primary N) is 1. The Bertz CT molecular complexity index is 466. The average molecular weight is 277 g/mol. The van der Waals surface area contributed by atoms with Gasteiger partial charge in [0.25, 0.3) is 0 Å². The van der Waals surface area contributed by atoms with Gasteiger partial charge in [0.05, 0.1) is 17.8 Å². The van der Waals surface area contributed by atoms with Gasteiger partial charge in [0.15, 0.2) is 0 Å². The Balaban J connectivity index is 1.85. The largest absolute Gasteiger partial charge is 0.498 e. The quantitative estimate of drug-likeness (QED) is 0.747. The van der Waals surface area contributed by atoms with Crippen molar-refractivity contribution in [3.63, 3.8) is 0 Å². The van der Waals surface area contributed by atoms with E-state index in [9.17, 15) is 0 Å². The highest BCUT2D eigenvalue weighted by molar-refractivity contribution is 6.54. The Hall–Kier alpha value is -0.775. The molecule has 0 saturated carbocycles. The molecule has 0 spiro atoms. The molecule has 2 heterocycles. The number of hydrogen-bond acceptors (Lipinski definition) is 4. The monoisotopic (exact) mass is 277 g/mol. The lowest BCUT2D eigenvalue weighted by atomic mass is 9.71. The van der Waals surface area contributed by atoms with Gasteiger partial charge in [-0.25, -0.2) is 0 Å². The lowest BCUT2D eigenvalue weighted by Gasteiger charge is -2.32. The zero-order valence-corrected chi connectivity index (χ0v) is 12.9. The van der Waals surface area contributed by atoms with Crippen LogP contribution in [0.1, 0.15) is 47.0 Å². The number of hydrogen-bond donors (Lipinski definition) is 1. The van der Waals surface area contributed by atoms with Gasteiger partial charge in [-0.2, -0.15) is 0 Å². The molecule has 3 aliphatic rings. The maximum atomic E-state index is 6.19. The fourth-order valence-corrected chi connectivity index (χ4v) is 2.87. The summed E-state index contributed by atoms with van der Waals surface area (Å²) in [7, 11) is -0.261. The standard InChI is InChI=1S/C15H24BNO3/c1-14(2)15(3,4)20-16(19-14)10-5-6-13-11(9-10)12(17)7-8-18-13/h9,12H,5-8,17H2,1-4H3. The van der Waals surface area contributed by atoms with Crippen LogP contribution in [0.15, 0.2) is 22.9 Å². The van der Waals surface area contributed by atoms with Crippen molar-refractivity contribution in [2.24, 2.45) is 5.73 Å². The Morgan fingerprint density at radius 1 is 1.15 bits per heavy atom. The van der Waals surface area contributed by atoms with E-state index in [1.54, 1.807) is 0 Å². The Kier molecular flexibility index (Phi) is 3.27. The molecule has 2 aliphatic heterocycles. The zero-order valence-electron chi connectivity index (χ0n) is 12.9. The molecule has 0 aromatic heterocycles. The molecule has 4 nitrogen and oxygen atoms in total. The van der Waals surface area contributed by atoms with E-state index >= 15 is 0 Å². The van der Waals surface area contributed by atoms with Crippen LogP contribution in [0.3, 0.4) is 0 Å². The first-order valence-electron chi connectivity index (χ1n) is 7.48. The third-order valence-corrected chi connectivity index (χ3v) is 4.96. The van der Waals surface area contributed by atoms with Gasteiger partial charge >= 0.3 is 7.12 Å². The fourth-order valence-electron chi connectivity index (χ4n) is 2.87. The summed E-state index contributed by atoms with van der Waals surface area (Å²) in [5.41, 5.74) is 7.92. The Labute approximate surface area is 121 Å². The highest BCUT2D eigenvalue weighted by Crippen LogP contribution is 2.41. The van der Waals surface area contributed by atoms with E-state index in [0.717, 1.165) is 37.2 Å². The third-order valence-electron chi connectivity index (χ3n) is 4.96. The maximum absolute atomic E-state index is 6.19. The van der Waals surface area contributed by atoms with Crippen LogP contribution in [0, 0.1) is 0 Å². The average Bonchev–Trinajstić information content (AvgIpc) is 2.59. The minimum atomic E-state index is -0.293. The molecule has 0 amide bonds. The molecule has 1 aliphatic carbocycles. The number of rotatable bonds is 1. The van der Waals surface area contributed by atoms with Gasteiger partial charge in [-0.05, 0) is 39.6 Å². The molecule has 0 bridgehead atoms. The number of ether oxygens (including phenoxy) is 1. The summed E-state index contributed by atoms with van der Waals surface area (Å²) in [4.78, 5) is 0. The number of allylic oxidation sites excluding steroid dienone is 2. The first-order valence-corrected chi connectivity index (χ1v) is 7.48. The van der Waals surface area contributed by atoms with Crippen LogP contribution < -0.4 is 5.73 Å². The van der Waals surface area contributed by atoms with E-state index in [1.165, 1.54) is 5.47 Å². The van der Waals surface area contributed by atoms with Crippen LogP contribution in [0.2, 0.25) is 0 Å². The predicted octanol–water partition coefficient (Wildman–Crippen LogP) is 2.34. The second-order valence-electron chi connectivity index (χ2n) is 6.93. The van der Waals surface area contributed by atoms with Crippen molar-refractivity contribution in [2.75, 3.05) is 6.61 Å². The molecule has 0 radical (unpaired) electrons. The van der Waals surface area contributed by atoms with E-state index in [1.807, 2.05) is 0 Å². The third kappa shape index (κ3) is 2.22. The van der Waals surface area contributed by atoms with Crippen molar-refractivity contribution in [3.05, 3.63) is 22.9 Å². The SMILES string of the molecule is CC1(C)OB(C2=CC3=C(CC2)OCCC3N)OC1(C)C. The molecule has 3 rings (SSSR count). The fraction of sp³-hybridized carbons (Fsp3) is 0.733. The lowest BCUT2D eigenvalue weighted by molar-refractivity contribution is 0.00578. The molecule has 1 saturated heterocycles. The molecule has 0 aromatic rings. The minimum Gasteiger partial charge on any atom is -0.498 e. The predicted molar refractivity (Wildman–Crippen MR) is 79.0 cm³/mol. The summed E-state index contributed by atoms with van der Waals surface area (Å²) in [5, 5.41) is 0. The Morgan fingerprint density at radius 2 is 1.80 bits per heavy atom.